The van der Waals surface area contributed by atoms with Crippen molar-refractivity contribution in [2.45, 2.75) is 20.8 Å². The van der Waals surface area contributed by atoms with Crippen molar-refractivity contribution in [3.05, 3.63) is 47.7 Å². The van der Waals surface area contributed by atoms with Crippen LogP contribution >= 0.6 is 0 Å². The number of benzene rings is 1. The number of aromatic nitrogens is 1. The van der Waals surface area contributed by atoms with E-state index in [-0.39, 0.29) is 5.91 Å². The molecule has 0 saturated carbocycles. The Morgan fingerprint density at radius 2 is 1.95 bits per heavy atom. The molecule has 0 aliphatic rings. The number of hydrogen-bond acceptors (Lipinski definition) is 3. The largest absolute Gasteiger partial charge is 0.340 e. The Balaban J connectivity index is 2.15. The zero-order valence-electron chi connectivity index (χ0n) is 11.3. The van der Waals surface area contributed by atoms with Gasteiger partial charge in [0.2, 0.25) is 5.91 Å². The van der Waals surface area contributed by atoms with Crippen molar-refractivity contribution < 1.29 is 4.79 Å². The SMILES string of the molecule is CC(=O)Nc1ccc(Nc2cccc(C)c2C)nc1. The molecule has 0 aliphatic heterocycles. The predicted molar refractivity (Wildman–Crippen MR) is 77.7 cm³/mol. The normalized spacial score (nSPS) is 10.1. The van der Waals surface area contributed by atoms with Gasteiger partial charge in [0.1, 0.15) is 5.82 Å². The van der Waals surface area contributed by atoms with Gasteiger partial charge < -0.3 is 10.6 Å². The second-order valence-electron chi connectivity index (χ2n) is 4.49. The number of hydrogen-bond donors (Lipinski definition) is 2. The summed E-state index contributed by atoms with van der Waals surface area (Å²) in [5.41, 5.74) is 4.17. The molecule has 2 N–H and O–H groups in total. The molecule has 1 aromatic heterocycles. The van der Waals surface area contributed by atoms with E-state index in [0.717, 1.165) is 11.5 Å². The van der Waals surface area contributed by atoms with Crippen molar-refractivity contribution in [3.63, 3.8) is 0 Å². The second kappa shape index (κ2) is 5.52. The first-order valence-corrected chi connectivity index (χ1v) is 6.13. The minimum Gasteiger partial charge on any atom is -0.340 e. The van der Waals surface area contributed by atoms with E-state index in [0.29, 0.717) is 5.69 Å². The van der Waals surface area contributed by atoms with E-state index in [1.807, 2.05) is 24.3 Å². The third kappa shape index (κ3) is 3.31. The molecule has 0 bridgehead atoms. The van der Waals surface area contributed by atoms with Crippen LogP contribution in [0.2, 0.25) is 0 Å². The van der Waals surface area contributed by atoms with Gasteiger partial charge in [0.15, 0.2) is 0 Å². The summed E-state index contributed by atoms with van der Waals surface area (Å²) in [5.74, 6) is 0.653. The fourth-order valence-electron chi connectivity index (χ4n) is 1.77. The van der Waals surface area contributed by atoms with E-state index < -0.39 is 0 Å². The van der Waals surface area contributed by atoms with Gasteiger partial charge in [-0.05, 0) is 43.2 Å². The molecule has 4 nitrogen and oxygen atoms in total. The summed E-state index contributed by atoms with van der Waals surface area (Å²) in [5, 5.41) is 5.96. The first-order valence-electron chi connectivity index (χ1n) is 6.13. The van der Waals surface area contributed by atoms with Crippen molar-refractivity contribution in [2.75, 3.05) is 10.6 Å². The smallest absolute Gasteiger partial charge is 0.221 e. The summed E-state index contributed by atoms with van der Waals surface area (Å²) in [6.45, 7) is 5.62. The lowest BCUT2D eigenvalue weighted by atomic mass is 10.1. The van der Waals surface area contributed by atoms with E-state index in [9.17, 15) is 4.79 Å². The first kappa shape index (κ1) is 13.1. The number of aryl methyl sites for hydroxylation is 1. The lowest BCUT2D eigenvalue weighted by molar-refractivity contribution is -0.114. The van der Waals surface area contributed by atoms with Crippen molar-refractivity contribution in [2.24, 2.45) is 0 Å². The quantitative estimate of drug-likeness (QED) is 0.883. The Morgan fingerprint density at radius 1 is 1.16 bits per heavy atom. The van der Waals surface area contributed by atoms with Gasteiger partial charge in [0, 0.05) is 12.6 Å². The fourth-order valence-corrected chi connectivity index (χ4v) is 1.77. The van der Waals surface area contributed by atoms with Crippen molar-refractivity contribution >= 4 is 23.1 Å². The number of rotatable bonds is 3. The Hall–Kier alpha value is -2.36. The molecule has 2 aromatic rings. The number of nitrogens with zero attached hydrogens (tertiary/aromatic N) is 1. The predicted octanol–water partition coefficient (Wildman–Crippen LogP) is 3.40. The lowest BCUT2D eigenvalue weighted by Gasteiger charge is -2.11. The van der Waals surface area contributed by atoms with Gasteiger partial charge in [-0.3, -0.25) is 4.79 Å². The average molecular weight is 255 g/mol. The van der Waals surface area contributed by atoms with Crippen molar-refractivity contribution in [3.8, 4) is 0 Å². The van der Waals surface area contributed by atoms with Crippen LogP contribution in [0.25, 0.3) is 0 Å². The van der Waals surface area contributed by atoms with Crippen LogP contribution in [0.5, 0.6) is 0 Å². The number of carbonyl (C=O) groups excluding carboxylic acids is 1. The number of nitrogens with one attached hydrogen (secondary N) is 2. The first-order chi connectivity index (χ1) is 9.06. The third-order valence-corrected chi connectivity index (χ3v) is 2.95. The fraction of sp³-hybridized carbons (Fsp3) is 0.200. The summed E-state index contributed by atoms with van der Waals surface area (Å²) in [6, 6.07) is 9.77. The van der Waals surface area contributed by atoms with E-state index in [1.54, 1.807) is 6.20 Å². The molecule has 0 fully saturated rings. The summed E-state index contributed by atoms with van der Waals surface area (Å²) in [7, 11) is 0. The second-order valence-corrected chi connectivity index (χ2v) is 4.49. The maximum atomic E-state index is 10.9. The van der Waals surface area contributed by atoms with Gasteiger partial charge in [-0.15, -0.1) is 0 Å². The van der Waals surface area contributed by atoms with Crippen LogP contribution in [0.1, 0.15) is 18.1 Å². The van der Waals surface area contributed by atoms with Crippen LogP contribution in [-0.4, -0.2) is 10.9 Å². The molecule has 0 saturated heterocycles. The number of pyridine rings is 1. The maximum absolute atomic E-state index is 10.9. The van der Waals surface area contributed by atoms with E-state index in [4.69, 9.17) is 0 Å². The Kier molecular flexibility index (Phi) is 3.80. The zero-order chi connectivity index (χ0) is 13.8. The van der Waals surface area contributed by atoms with Crippen LogP contribution in [0, 0.1) is 13.8 Å². The molecule has 2 rings (SSSR count). The third-order valence-electron chi connectivity index (χ3n) is 2.95. The highest BCUT2D eigenvalue weighted by Gasteiger charge is 2.02. The van der Waals surface area contributed by atoms with E-state index in [2.05, 4.69) is 35.5 Å². The summed E-state index contributed by atoms with van der Waals surface area (Å²) < 4.78 is 0. The minimum atomic E-state index is -0.1000. The van der Waals surface area contributed by atoms with Crippen LogP contribution in [0.3, 0.4) is 0 Å². The van der Waals surface area contributed by atoms with Crippen LogP contribution in [0.4, 0.5) is 17.2 Å². The molecule has 1 heterocycles. The van der Waals surface area contributed by atoms with Gasteiger partial charge in [-0.2, -0.15) is 0 Å². The summed E-state index contributed by atoms with van der Waals surface area (Å²) >= 11 is 0. The molecule has 98 valence electrons. The van der Waals surface area contributed by atoms with Gasteiger partial charge >= 0.3 is 0 Å². The number of carbonyl (C=O) groups is 1. The van der Waals surface area contributed by atoms with Gasteiger partial charge in [0.25, 0.3) is 0 Å². The Bertz CT molecular complexity index is 591. The van der Waals surface area contributed by atoms with E-state index >= 15 is 0 Å². The van der Waals surface area contributed by atoms with Gasteiger partial charge in [0.05, 0.1) is 11.9 Å². The standard InChI is InChI=1S/C15H17N3O/c1-10-5-4-6-14(11(10)2)18-15-8-7-13(9-16-15)17-12(3)19/h4-9H,1-3H3,(H,16,18)(H,17,19). The molecule has 19 heavy (non-hydrogen) atoms. The summed E-state index contributed by atoms with van der Waals surface area (Å²) in [4.78, 5) is 15.2. The molecular weight excluding hydrogens is 238 g/mol. The maximum Gasteiger partial charge on any atom is 0.221 e. The zero-order valence-corrected chi connectivity index (χ0v) is 11.3. The molecule has 1 amide bonds. The summed E-state index contributed by atoms with van der Waals surface area (Å²) in [6.07, 6.45) is 1.63. The molecule has 0 aliphatic carbocycles. The molecule has 0 radical (unpaired) electrons. The molecule has 0 atom stereocenters. The minimum absolute atomic E-state index is 0.1000. The lowest BCUT2D eigenvalue weighted by Crippen LogP contribution is -2.06. The monoisotopic (exact) mass is 255 g/mol. The molecule has 1 aromatic carbocycles. The topological polar surface area (TPSA) is 54.0 Å². The van der Waals surface area contributed by atoms with Crippen LogP contribution < -0.4 is 10.6 Å². The average Bonchev–Trinajstić information content (AvgIpc) is 2.37. The van der Waals surface area contributed by atoms with Crippen molar-refractivity contribution in [1.82, 2.24) is 4.98 Å². The molecule has 4 heteroatoms. The number of anilines is 3. The highest BCUT2D eigenvalue weighted by Crippen LogP contribution is 2.22. The molecule has 0 unspecified atom stereocenters. The van der Waals surface area contributed by atoms with Gasteiger partial charge in [-0.1, -0.05) is 12.1 Å². The van der Waals surface area contributed by atoms with Crippen molar-refractivity contribution in [1.29, 1.82) is 0 Å². The highest BCUT2D eigenvalue weighted by molar-refractivity contribution is 5.88. The van der Waals surface area contributed by atoms with Crippen LogP contribution in [-0.2, 0) is 4.79 Å². The van der Waals surface area contributed by atoms with Gasteiger partial charge in [-0.25, -0.2) is 4.98 Å². The molecule has 0 spiro atoms. The Morgan fingerprint density at radius 3 is 2.58 bits per heavy atom. The Labute approximate surface area is 112 Å². The number of amides is 1. The van der Waals surface area contributed by atoms with Crippen LogP contribution in [0.15, 0.2) is 36.5 Å². The van der Waals surface area contributed by atoms with E-state index in [1.165, 1.54) is 18.1 Å². The molecular formula is C15H17N3O. The highest BCUT2D eigenvalue weighted by atomic mass is 16.1.